The van der Waals surface area contributed by atoms with Crippen LogP contribution < -0.4 is 10.0 Å². The fraction of sp³-hybridized carbons (Fsp3) is 0.188. The summed E-state index contributed by atoms with van der Waals surface area (Å²) in [7, 11) is -3.45. The maximum atomic E-state index is 11.9. The highest BCUT2D eigenvalue weighted by molar-refractivity contribution is 14.1. The summed E-state index contributed by atoms with van der Waals surface area (Å²) in [6.07, 6.45) is 2.83. The number of rotatable bonds is 8. The third-order valence-electron chi connectivity index (χ3n) is 3.00. The van der Waals surface area contributed by atoms with Gasteiger partial charge in [-0.2, -0.15) is 0 Å². The zero-order valence-electron chi connectivity index (χ0n) is 12.7. The number of hydrogen-bond donors (Lipinski definition) is 2. The number of halogens is 1. The molecule has 0 bridgehead atoms. The van der Waals surface area contributed by atoms with Crippen molar-refractivity contribution < 1.29 is 17.6 Å². The van der Waals surface area contributed by atoms with Crippen molar-refractivity contribution in [3.05, 3.63) is 63.6 Å². The molecule has 128 valence electrons. The minimum atomic E-state index is -3.45. The molecule has 0 atom stereocenters. The number of hydrogen-bond acceptors (Lipinski definition) is 4. The Bertz CT molecular complexity index is 800. The van der Waals surface area contributed by atoms with E-state index in [1.807, 2.05) is 52.9 Å². The first kappa shape index (κ1) is 18.7. The van der Waals surface area contributed by atoms with Crippen LogP contribution in [0.2, 0.25) is 0 Å². The van der Waals surface area contributed by atoms with Crippen LogP contribution in [0.15, 0.2) is 53.0 Å². The lowest BCUT2D eigenvalue weighted by Crippen LogP contribution is -2.33. The van der Waals surface area contributed by atoms with Gasteiger partial charge in [-0.1, -0.05) is 30.3 Å². The van der Waals surface area contributed by atoms with E-state index >= 15 is 0 Å². The third-order valence-corrected chi connectivity index (χ3v) is 4.91. The molecule has 0 unspecified atom stereocenters. The van der Waals surface area contributed by atoms with Gasteiger partial charge in [0.05, 0.1) is 5.75 Å². The summed E-state index contributed by atoms with van der Waals surface area (Å²) in [6, 6.07) is 12.7. The largest absolute Gasteiger partial charge is 0.451 e. The molecule has 8 heteroatoms. The van der Waals surface area contributed by atoms with Gasteiger partial charge in [-0.15, -0.1) is 0 Å². The molecule has 0 fully saturated rings. The molecule has 1 amide bonds. The Kier molecular flexibility index (Phi) is 7.00. The van der Waals surface area contributed by atoms with Crippen LogP contribution in [0.4, 0.5) is 0 Å². The fourth-order valence-corrected chi connectivity index (χ4v) is 3.14. The molecule has 6 nitrogen and oxygen atoms in total. The van der Waals surface area contributed by atoms with Crippen LogP contribution in [0.5, 0.6) is 0 Å². The highest BCUT2D eigenvalue weighted by atomic mass is 127. The van der Waals surface area contributed by atoms with E-state index in [0.29, 0.717) is 5.76 Å². The van der Waals surface area contributed by atoms with Crippen LogP contribution in [0, 0.1) is 3.77 Å². The van der Waals surface area contributed by atoms with Crippen molar-refractivity contribution in [3.63, 3.8) is 0 Å². The van der Waals surface area contributed by atoms with E-state index in [-0.39, 0.29) is 24.7 Å². The molecule has 1 aromatic carbocycles. The van der Waals surface area contributed by atoms with Gasteiger partial charge >= 0.3 is 0 Å². The topological polar surface area (TPSA) is 88.4 Å². The van der Waals surface area contributed by atoms with Crippen LogP contribution in [0.3, 0.4) is 0 Å². The number of benzene rings is 1. The lowest BCUT2D eigenvalue weighted by atomic mass is 10.2. The van der Waals surface area contributed by atoms with E-state index < -0.39 is 10.0 Å². The predicted octanol–water partition coefficient (Wildman–Crippen LogP) is 2.13. The summed E-state index contributed by atoms with van der Waals surface area (Å²) in [5, 5.41) is 2.53. The van der Waals surface area contributed by atoms with Gasteiger partial charge in [0.1, 0.15) is 5.76 Å². The number of nitrogens with one attached hydrogen (secondary N) is 2. The Hall–Kier alpha value is -1.65. The molecule has 0 saturated heterocycles. The molecular weight excluding hydrogens is 443 g/mol. The van der Waals surface area contributed by atoms with E-state index in [9.17, 15) is 13.2 Å². The van der Waals surface area contributed by atoms with Crippen LogP contribution in [-0.2, 0) is 21.4 Å². The van der Waals surface area contributed by atoms with Crippen molar-refractivity contribution in [2.24, 2.45) is 0 Å². The molecular formula is C16H17IN2O4S. The molecule has 0 aliphatic rings. The third kappa shape index (κ3) is 6.85. The molecule has 0 spiro atoms. The number of carbonyl (C=O) groups is 1. The van der Waals surface area contributed by atoms with Crippen molar-refractivity contribution in [1.29, 1.82) is 0 Å². The van der Waals surface area contributed by atoms with Crippen molar-refractivity contribution in [1.82, 2.24) is 10.0 Å². The van der Waals surface area contributed by atoms with E-state index in [4.69, 9.17) is 4.42 Å². The van der Waals surface area contributed by atoms with Gasteiger partial charge in [0, 0.05) is 19.2 Å². The second-order valence-electron chi connectivity index (χ2n) is 4.89. The Morgan fingerprint density at radius 2 is 1.92 bits per heavy atom. The Morgan fingerprint density at radius 1 is 1.17 bits per heavy atom. The van der Waals surface area contributed by atoms with Crippen LogP contribution >= 0.6 is 22.6 Å². The van der Waals surface area contributed by atoms with Crippen molar-refractivity contribution in [2.75, 3.05) is 12.3 Å². The summed E-state index contributed by atoms with van der Waals surface area (Å²) in [4.78, 5) is 11.6. The van der Waals surface area contributed by atoms with Gasteiger partial charge in [0.15, 0.2) is 3.77 Å². The normalized spacial score (nSPS) is 11.7. The number of furan rings is 1. The average Bonchev–Trinajstić information content (AvgIpc) is 2.97. The first-order valence-corrected chi connectivity index (χ1v) is 9.90. The minimum Gasteiger partial charge on any atom is -0.451 e. The van der Waals surface area contributed by atoms with E-state index in [1.54, 1.807) is 12.1 Å². The zero-order chi connectivity index (χ0) is 17.4. The van der Waals surface area contributed by atoms with E-state index in [0.717, 1.165) is 9.33 Å². The number of sulfonamides is 1. The van der Waals surface area contributed by atoms with E-state index in [1.165, 1.54) is 12.2 Å². The van der Waals surface area contributed by atoms with E-state index in [2.05, 4.69) is 10.0 Å². The van der Waals surface area contributed by atoms with Gasteiger partial charge in [0.2, 0.25) is 15.9 Å². The fourth-order valence-electron chi connectivity index (χ4n) is 1.80. The van der Waals surface area contributed by atoms with Gasteiger partial charge < -0.3 is 9.73 Å². The maximum Gasteiger partial charge on any atom is 0.244 e. The molecule has 1 heterocycles. The summed E-state index contributed by atoms with van der Waals surface area (Å²) in [6.45, 7) is 0.261. The highest BCUT2D eigenvalue weighted by Crippen LogP contribution is 2.11. The molecule has 2 N–H and O–H groups in total. The molecule has 0 aliphatic heterocycles. The van der Waals surface area contributed by atoms with Crippen LogP contribution in [0.1, 0.15) is 11.3 Å². The quantitative estimate of drug-likeness (QED) is 0.467. The summed E-state index contributed by atoms with van der Waals surface area (Å²) >= 11 is 2.03. The molecule has 0 aliphatic carbocycles. The highest BCUT2D eigenvalue weighted by Gasteiger charge is 2.10. The monoisotopic (exact) mass is 460 g/mol. The Labute approximate surface area is 154 Å². The molecule has 24 heavy (non-hydrogen) atoms. The smallest absolute Gasteiger partial charge is 0.244 e. The standard InChI is InChI=1S/C16H17IN2O4S/c17-15-8-6-14(23-15)7-9-16(20)18-10-11-24(21,22)19-12-13-4-2-1-3-5-13/h1-9,19H,10-12H2,(H,18,20). The van der Waals surface area contributed by atoms with Crippen molar-refractivity contribution >= 4 is 44.6 Å². The average molecular weight is 460 g/mol. The summed E-state index contributed by atoms with van der Waals surface area (Å²) in [5.41, 5.74) is 0.876. The molecule has 0 radical (unpaired) electrons. The molecule has 2 rings (SSSR count). The zero-order valence-corrected chi connectivity index (χ0v) is 15.7. The Morgan fingerprint density at radius 3 is 2.58 bits per heavy atom. The lowest BCUT2D eigenvalue weighted by molar-refractivity contribution is -0.116. The van der Waals surface area contributed by atoms with Crippen LogP contribution in [-0.4, -0.2) is 26.6 Å². The second-order valence-corrected chi connectivity index (χ2v) is 7.88. The van der Waals surface area contributed by atoms with Crippen LogP contribution in [0.25, 0.3) is 6.08 Å². The number of carbonyl (C=O) groups excluding carboxylic acids is 1. The first-order chi connectivity index (χ1) is 11.4. The second kappa shape index (κ2) is 9.00. The van der Waals surface area contributed by atoms with Gasteiger partial charge in [0.25, 0.3) is 0 Å². The van der Waals surface area contributed by atoms with Crippen molar-refractivity contribution in [3.8, 4) is 0 Å². The maximum absolute atomic E-state index is 11.9. The summed E-state index contributed by atoms with van der Waals surface area (Å²) < 4.78 is 32.2. The predicted molar refractivity (Wildman–Crippen MR) is 101 cm³/mol. The van der Waals surface area contributed by atoms with Gasteiger partial charge in [-0.05, 0) is 46.4 Å². The van der Waals surface area contributed by atoms with Crippen molar-refractivity contribution in [2.45, 2.75) is 6.54 Å². The minimum absolute atomic E-state index is 0.0307. The molecule has 2 aromatic rings. The molecule has 1 aromatic heterocycles. The lowest BCUT2D eigenvalue weighted by Gasteiger charge is -2.07. The Balaban J connectivity index is 1.72. The molecule has 0 saturated carbocycles. The first-order valence-electron chi connectivity index (χ1n) is 7.17. The SMILES string of the molecule is O=C(C=Cc1ccc(I)o1)NCCS(=O)(=O)NCc1ccccc1. The summed E-state index contributed by atoms with van der Waals surface area (Å²) in [5.74, 6) is 0.00397. The number of amides is 1. The van der Waals surface area contributed by atoms with Gasteiger partial charge in [-0.3, -0.25) is 4.79 Å². The van der Waals surface area contributed by atoms with Gasteiger partial charge in [-0.25, -0.2) is 13.1 Å².